The molecule has 1 aliphatic carbocycles. The molecule has 100 valence electrons. The number of halogens is 1. The zero-order valence-corrected chi connectivity index (χ0v) is 11.5. The summed E-state index contributed by atoms with van der Waals surface area (Å²) in [4.78, 5) is 0. The number of benzene rings is 1. The molecule has 19 heavy (non-hydrogen) atoms. The molecule has 1 heterocycles. The van der Waals surface area contributed by atoms with Crippen molar-refractivity contribution in [3.8, 4) is 11.4 Å². The number of rotatable bonds is 2. The van der Waals surface area contributed by atoms with E-state index >= 15 is 0 Å². The van der Waals surface area contributed by atoms with Crippen LogP contribution < -0.4 is 5.73 Å². The second-order valence-corrected chi connectivity index (χ2v) is 5.66. The Bertz CT molecular complexity index is 594. The van der Waals surface area contributed by atoms with E-state index in [0.717, 1.165) is 30.1 Å². The largest absolute Gasteiger partial charge is 0.398 e. The Morgan fingerprint density at radius 1 is 1.37 bits per heavy atom. The molecule has 1 fully saturated rings. The lowest BCUT2D eigenvalue weighted by atomic mass is 10.1. The lowest BCUT2D eigenvalue weighted by Gasteiger charge is -2.12. The van der Waals surface area contributed by atoms with Crippen LogP contribution in [0.4, 0.5) is 5.69 Å². The van der Waals surface area contributed by atoms with E-state index in [1.165, 1.54) is 6.42 Å². The van der Waals surface area contributed by atoms with Crippen LogP contribution in [0.3, 0.4) is 0 Å². The molecular formula is C13H16ClN5. The molecule has 0 radical (unpaired) electrons. The smallest absolute Gasteiger partial charge is 0.182 e. The number of nitrogen functional groups attached to an aromatic ring is 1. The average molecular weight is 278 g/mol. The normalized spacial score (nSPS) is 22.8. The van der Waals surface area contributed by atoms with Crippen molar-refractivity contribution in [1.82, 2.24) is 20.2 Å². The van der Waals surface area contributed by atoms with Crippen molar-refractivity contribution in [1.29, 1.82) is 0 Å². The third-order valence-electron chi connectivity index (χ3n) is 3.76. The number of tetrazole rings is 1. The minimum atomic E-state index is 0.386. The van der Waals surface area contributed by atoms with Gasteiger partial charge in [-0.2, -0.15) is 0 Å². The lowest BCUT2D eigenvalue weighted by molar-refractivity contribution is 0.443. The van der Waals surface area contributed by atoms with Crippen molar-refractivity contribution < 1.29 is 0 Å². The summed E-state index contributed by atoms with van der Waals surface area (Å²) in [7, 11) is 0. The van der Waals surface area contributed by atoms with Crippen LogP contribution in [0.15, 0.2) is 18.2 Å². The van der Waals surface area contributed by atoms with Crippen LogP contribution >= 0.6 is 11.6 Å². The van der Waals surface area contributed by atoms with Crippen LogP contribution in [0, 0.1) is 5.92 Å². The summed E-state index contributed by atoms with van der Waals surface area (Å²) >= 11 is 5.94. The average Bonchev–Trinajstić information content (AvgIpc) is 3.00. The zero-order chi connectivity index (χ0) is 13.4. The van der Waals surface area contributed by atoms with Gasteiger partial charge in [0, 0.05) is 5.56 Å². The van der Waals surface area contributed by atoms with E-state index in [9.17, 15) is 0 Å². The van der Waals surface area contributed by atoms with Gasteiger partial charge in [-0.25, -0.2) is 4.68 Å². The third kappa shape index (κ3) is 2.30. The van der Waals surface area contributed by atoms with E-state index < -0.39 is 0 Å². The van der Waals surface area contributed by atoms with E-state index in [-0.39, 0.29) is 0 Å². The fourth-order valence-electron chi connectivity index (χ4n) is 2.71. The Hall–Kier alpha value is -1.62. The summed E-state index contributed by atoms with van der Waals surface area (Å²) < 4.78 is 1.92. The van der Waals surface area contributed by atoms with E-state index in [1.807, 2.05) is 16.8 Å². The van der Waals surface area contributed by atoms with Crippen LogP contribution in [0.2, 0.25) is 5.02 Å². The van der Waals surface area contributed by atoms with E-state index in [0.29, 0.717) is 16.8 Å². The molecule has 0 amide bonds. The molecule has 1 aromatic heterocycles. The van der Waals surface area contributed by atoms with Crippen molar-refractivity contribution >= 4 is 17.3 Å². The number of nitrogens with zero attached hydrogens (tertiary/aromatic N) is 4. The molecule has 3 rings (SSSR count). The Kier molecular flexibility index (Phi) is 3.14. The fourth-order valence-corrected chi connectivity index (χ4v) is 2.83. The summed E-state index contributed by atoms with van der Waals surface area (Å²) in [6.07, 6.45) is 3.48. The van der Waals surface area contributed by atoms with Gasteiger partial charge in [0.15, 0.2) is 5.82 Å². The molecule has 2 unspecified atom stereocenters. The molecule has 0 spiro atoms. The first kappa shape index (κ1) is 12.4. The molecule has 6 heteroatoms. The van der Waals surface area contributed by atoms with Crippen molar-refractivity contribution in [2.24, 2.45) is 5.92 Å². The number of hydrogen-bond donors (Lipinski definition) is 1. The molecule has 2 N–H and O–H groups in total. The predicted octanol–water partition coefficient (Wildman–Crippen LogP) is 2.94. The van der Waals surface area contributed by atoms with Gasteiger partial charge in [0.1, 0.15) is 0 Å². The highest BCUT2D eigenvalue weighted by Crippen LogP contribution is 2.36. The molecule has 5 nitrogen and oxygen atoms in total. The van der Waals surface area contributed by atoms with Crippen molar-refractivity contribution in [3.05, 3.63) is 23.2 Å². The third-order valence-corrected chi connectivity index (χ3v) is 4.10. The minimum absolute atomic E-state index is 0.386. The monoisotopic (exact) mass is 277 g/mol. The maximum absolute atomic E-state index is 5.94. The molecule has 0 aliphatic heterocycles. The molecule has 1 saturated carbocycles. The first-order chi connectivity index (χ1) is 9.15. The summed E-state index contributed by atoms with van der Waals surface area (Å²) in [6, 6.07) is 5.89. The summed E-state index contributed by atoms with van der Waals surface area (Å²) in [5.74, 6) is 1.50. The molecule has 1 aromatic carbocycles. The predicted molar refractivity (Wildman–Crippen MR) is 74.7 cm³/mol. The molecule has 2 aromatic rings. The first-order valence-electron chi connectivity index (χ1n) is 6.48. The zero-order valence-electron chi connectivity index (χ0n) is 10.8. The second-order valence-electron chi connectivity index (χ2n) is 5.26. The number of aromatic nitrogens is 4. The van der Waals surface area contributed by atoms with Gasteiger partial charge in [-0.1, -0.05) is 18.5 Å². The second kappa shape index (κ2) is 4.81. The lowest BCUT2D eigenvalue weighted by Crippen LogP contribution is -2.09. The molecule has 0 saturated heterocycles. The highest BCUT2D eigenvalue weighted by Gasteiger charge is 2.26. The fraction of sp³-hybridized carbons (Fsp3) is 0.462. The van der Waals surface area contributed by atoms with Crippen LogP contribution in [-0.2, 0) is 0 Å². The molecule has 0 bridgehead atoms. The van der Waals surface area contributed by atoms with Gasteiger partial charge in [0.25, 0.3) is 0 Å². The summed E-state index contributed by atoms with van der Waals surface area (Å²) in [6.45, 7) is 2.27. The number of nitrogens with two attached hydrogens (primary N) is 1. The van der Waals surface area contributed by atoms with Gasteiger partial charge < -0.3 is 5.73 Å². The highest BCUT2D eigenvalue weighted by molar-refractivity contribution is 6.33. The number of hydrogen-bond acceptors (Lipinski definition) is 4. The van der Waals surface area contributed by atoms with Crippen LogP contribution in [0.1, 0.15) is 32.2 Å². The van der Waals surface area contributed by atoms with Crippen molar-refractivity contribution in [2.45, 2.75) is 32.2 Å². The van der Waals surface area contributed by atoms with Crippen LogP contribution in [0.5, 0.6) is 0 Å². The summed E-state index contributed by atoms with van der Waals surface area (Å²) in [5, 5.41) is 12.6. The SMILES string of the molecule is CC1CCC(n2nnnc2-c2ccc(Cl)c(N)c2)C1. The molecule has 1 aliphatic rings. The maximum Gasteiger partial charge on any atom is 0.182 e. The van der Waals surface area contributed by atoms with Gasteiger partial charge in [-0.3, -0.25) is 0 Å². The highest BCUT2D eigenvalue weighted by atomic mass is 35.5. The van der Waals surface area contributed by atoms with Crippen molar-refractivity contribution in [2.75, 3.05) is 5.73 Å². The molecule has 2 atom stereocenters. The van der Waals surface area contributed by atoms with Gasteiger partial charge in [0.05, 0.1) is 16.8 Å². The summed E-state index contributed by atoms with van der Waals surface area (Å²) in [5.41, 5.74) is 7.30. The minimum Gasteiger partial charge on any atom is -0.398 e. The van der Waals surface area contributed by atoms with Gasteiger partial charge >= 0.3 is 0 Å². The maximum atomic E-state index is 5.94. The van der Waals surface area contributed by atoms with E-state index in [4.69, 9.17) is 17.3 Å². The van der Waals surface area contributed by atoms with Crippen molar-refractivity contribution in [3.63, 3.8) is 0 Å². The van der Waals surface area contributed by atoms with Gasteiger partial charge in [-0.15, -0.1) is 5.10 Å². The molecular weight excluding hydrogens is 262 g/mol. The Balaban J connectivity index is 1.97. The van der Waals surface area contributed by atoms with E-state index in [2.05, 4.69) is 22.4 Å². The van der Waals surface area contributed by atoms with Crippen LogP contribution in [-0.4, -0.2) is 20.2 Å². The van der Waals surface area contributed by atoms with Crippen LogP contribution in [0.25, 0.3) is 11.4 Å². The quantitative estimate of drug-likeness (QED) is 0.857. The Morgan fingerprint density at radius 3 is 2.89 bits per heavy atom. The standard InChI is InChI=1S/C13H16ClN5/c1-8-2-4-10(6-8)19-13(16-17-18-19)9-3-5-11(14)12(15)7-9/h3,5,7-8,10H,2,4,6,15H2,1H3. The number of anilines is 1. The Morgan fingerprint density at radius 2 is 2.21 bits per heavy atom. The topological polar surface area (TPSA) is 69.6 Å². The van der Waals surface area contributed by atoms with Gasteiger partial charge in [0.2, 0.25) is 0 Å². The van der Waals surface area contributed by atoms with E-state index in [1.54, 1.807) is 6.07 Å². The Labute approximate surface area is 116 Å². The van der Waals surface area contributed by atoms with Gasteiger partial charge in [-0.05, 0) is 53.8 Å². The first-order valence-corrected chi connectivity index (χ1v) is 6.86.